The minimum atomic E-state index is -0.0741. The van der Waals surface area contributed by atoms with Crippen molar-refractivity contribution in [2.24, 2.45) is 5.41 Å². The van der Waals surface area contributed by atoms with E-state index in [4.69, 9.17) is 0 Å². The van der Waals surface area contributed by atoms with Gasteiger partial charge in [0.1, 0.15) is 5.82 Å². The first-order chi connectivity index (χ1) is 5.90. The van der Waals surface area contributed by atoms with E-state index < -0.39 is 0 Å². The molecule has 1 aromatic rings. The molecule has 0 fully saturated rings. The molecule has 0 amide bonds. The number of halogens is 1. The van der Waals surface area contributed by atoms with Crippen molar-refractivity contribution in [2.75, 3.05) is 0 Å². The van der Waals surface area contributed by atoms with Gasteiger partial charge in [-0.2, -0.15) is 0 Å². The lowest BCUT2D eigenvalue weighted by atomic mass is 9.86. The van der Waals surface area contributed by atoms with Crippen LogP contribution in [0.15, 0.2) is 18.2 Å². The van der Waals surface area contributed by atoms with Crippen LogP contribution in [0.3, 0.4) is 0 Å². The Morgan fingerprint density at radius 3 is 2.31 bits per heavy atom. The highest BCUT2D eigenvalue weighted by Gasteiger charge is 2.15. The van der Waals surface area contributed by atoms with E-state index in [1.807, 2.05) is 13.0 Å². The fraction of sp³-hybridized carbons (Fsp3) is 0.500. The molecular formula is C12H17F. The van der Waals surface area contributed by atoms with Gasteiger partial charge in [0.15, 0.2) is 0 Å². The van der Waals surface area contributed by atoms with Gasteiger partial charge in [-0.15, -0.1) is 0 Å². The summed E-state index contributed by atoms with van der Waals surface area (Å²) in [6.07, 6.45) is 0.797. The lowest BCUT2D eigenvalue weighted by Crippen LogP contribution is -2.11. The quantitative estimate of drug-likeness (QED) is 0.618. The monoisotopic (exact) mass is 180 g/mol. The van der Waals surface area contributed by atoms with Crippen molar-refractivity contribution in [3.05, 3.63) is 35.1 Å². The van der Waals surface area contributed by atoms with Gasteiger partial charge in [-0.1, -0.05) is 32.9 Å². The van der Waals surface area contributed by atoms with Crippen LogP contribution in [0.1, 0.15) is 31.9 Å². The first-order valence-electron chi connectivity index (χ1n) is 4.64. The number of aryl methyl sites for hydroxylation is 1. The molecule has 0 saturated carbocycles. The van der Waals surface area contributed by atoms with Gasteiger partial charge in [0, 0.05) is 0 Å². The van der Waals surface area contributed by atoms with Crippen LogP contribution >= 0.6 is 0 Å². The Hall–Kier alpha value is -0.850. The van der Waals surface area contributed by atoms with E-state index in [9.17, 15) is 4.39 Å². The van der Waals surface area contributed by atoms with E-state index in [0.29, 0.717) is 0 Å². The van der Waals surface area contributed by atoms with Crippen LogP contribution in [0.25, 0.3) is 0 Å². The van der Waals surface area contributed by atoms with E-state index in [1.165, 1.54) is 6.07 Å². The summed E-state index contributed by atoms with van der Waals surface area (Å²) in [7, 11) is 0. The highest BCUT2D eigenvalue weighted by Crippen LogP contribution is 2.24. The zero-order chi connectivity index (χ0) is 10.1. The average molecular weight is 180 g/mol. The highest BCUT2D eigenvalue weighted by atomic mass is 19.1. The van der Waals surface area contributed by atoms with Crippen molar-refractivity contribution in [3.63, 3.8) is 0 Å². The molecule has 72 valence electrons. The first-order valence-corrected chi connectivity index (χ1v) is 4.64. The summed E-state index contributed by atoms with van der Waals surface area (Å²) in [6.45, 7) is 8.33. The lowest BCUT2D eigenvalue weighted by molar-refractivity contribution is 0.401. The van der Waals surface area contributed by atoms with Crippen LogP contribution in [-0.2, 0) is 6.42 Å². The number of benzene rings is 1. The van der Waals surface area contributed by atoms with E-state index >= 15 is 0 Å². The van der Waals surface area contributed by atoms with Gasteiger partial charge in [-0.05, 0) is 36.0 Å². The predicted octanol–water partition coefficient (Wildman–Crippen LogP) is 3.72. The minimum Gasteiger partial charge on any atom is -0.207 e. The second-order valence-electron chi connectivity index (χ2n) is 4.77. The Bertz CT molecular complexity index is 274. The highest BCUT2D eigenvalue weighted by molar-refractivity contribution is 5.28. The summed E-state index contributed by atoms with van der Waals surface area (Å²) in [5.74, 6) is -0.0741. The molecule has 0 unspecified atom stereocenters. The molecule has 0 aliphatic carbocycles. The number of hydrogen-bond acceptors (Lipinski definition) is 0. The third-order valence-corrected chi connectivity index (χ3v) is 2.06. The van der Waals surface area contributed by atoms with Gasteiger partial charge in [-0.25, -0.2) is 4.39 Å². The average Bonchev–Trinajstić information content (AvgIpc) is 1.95. The molecule has 1 aromatic carbocycles. The molecule has 0 bridgehead atoms. The van der Waals surface area contributed by atoms with Crippen LogP contribution in [0.5, 0.6) is 0 Å². The summed E-state index contributed by atoms with van der Waals surface area (Å²) >= 11 is 0. The molecule has 0 saturated heterocycles. The fourth-order valence-electron chi connectivity index (χ4n) is 1.42. The number of hydrogen-bond donors (Lipinski definition) is 0. The molecule has 0 radical (unpaired) electrons. The molecule has 0 N–H and O–H groups in total. The Morgan fingerprint density at radius 2 is 1.85 bits per heavy atom. The van der Waals surface area contributed by atoms with Crippen LogP contribution in [0, 0.1) is 18.2 Å². The summed E-state index contributed by atoms with van der Waals surface area (Å²) < 4.78 is 13.4. The topological polar surface area (TPSA) is 0 Å². The molecule has 0 spiro atoms. The van der Waals surface area contributed by atoms with Gasteiger partial charge < -0.3 is 0 Å². The predicted molar refractivity (Wildman–Crippen MR) is 54.3 cm³/mol. The minimum absolute atomic E-state index is 0.0741. The molecule has 0 heterocycles. The second kappa shape index (κ2) is 3.49. The molecule has 0 nitrogen and oxygen atoms in total. The first kappa shape index (κ1) is 10.2. The molecule has 1 rings (SSSR count). The molecule has 0 aliphatic rings. The third kappa shape index (κ3) is 2.83. The third-order valence-electron chi connectivity index (χ3n) is 2.06. The van der Waals surface area contributed by atoms with Gasteiger partial charge in [0.05, 0.1) is 0 Å². The SMILES string of the molecule is Cc1cccc(F)c1CC(C)(C)C. The lowest BCUT2D eigenvalue weighted by Gasteiger charge is -2.19. The maximum atomic E-state index is 13.4. The zero-order valence-corrected chi connectivity index (χ0v) is 8.82. The summed E-state index contributed by atoms with van der Waals surface area (Å²) in [5, 5.41) is 0. The van der Waals surface area contributed by atoms with Crippen molar-refractivity contribution < 1.29 is 4.39 Å². The van der Waals surface area contributed by atoms with Crippen LogP contribution < -0.4 is 0 Å². The summed E-state index contributed by atoms with van der Waals surface area (Å²) in [5.41, 5.74) is 2.05. The Balaban J connectivity index is 3.00. The molecular weight excluding hydrogens is 163 g/mol. The summed E-state index contributed by atoms with van der Waals surface area (Å²) in [6, 6.07) is 5.26. The number of rotatable bonds is 1. The molecule has 0 atom stereocenters. The van der Waals surface area contributed by atoms with E-state index in [0.717, 1.165) is 17.5 Å². The maximum absolute atomic E-state index is 13.4. The van der Waals surface area contributed by atoms with Crippen molar-refractivity contribution in [1.82, 2.24) is 0 Å². The Morgan fingerprint density at radius 1 is 1.23 bits per heavy atom. The standard InChI is InChI=1S/C12H17F/c1-9-6-5-7-11(13)10(9)8-12(2,3)4/h5-7H,8H2,1-4H3. The molecule has 1 heteroatoms. The summed E-state index contributed by atoms with van der Waals surface area (Å²) in [4.78, 5) is 0. The van der Waals surface area contributed by atoms with Crippen molar-refractivity contribution >= 4 is 0 Å². The van der Waals surface area contributed by atoms with Gasteiger partial charge >= 0.3 is 0 Å². The van der Waals surface area contributed by atoms with Crippen LogP contribution in [-0.4, -0.2) is 0 Å². The molecule has 0 aromatic heterocycles. The van der Waals surface area contributed by atoms with Crippen LogP contribution in [0.2, 0.25) is 0 Å². The Labute approximate surface area is 79.8 Å². The van der Waals surface area contributed by atoms with Crippen molar-refractivity contribution in [2.45, 2.75) is 34.1 Å². The van der Waals surface area contributed by atoms with Gasteiger partial charge in [0.2, 0.25) is 0 Å². The van der Waals surface area contributed by atoms with Gasteiger partial charge in [0.25, 0.3) is 0 Å². The van der Waals surface area contributed by atoms with Crippen molar-refractivity contribution in [1.29, 1.82) is 0 Å². The van der Waals surface area contributed by atoms with Crippen LogP contribution in [0.4, 0.5) is 4.39 Å². The molecule has 0 aliphatic heterocycles. The van der Waals surface area contributed by atoms with E-state index in [1.54, 1.807) is 6.07 Å². The maximum Gasteiger partial charge on any atom is 0.126 e. The zero-order valence-electron chi connectivity index (χ0n) is 8.82. The van der Waals surface area contributed by atoms with Gasteiger partial charge in [-0.3, -0.25) is 0 Å². The fourth-order valence-corrected chi connectivity index (χ4v) is 1.42. The molecule has 13 heavy (non-hydrogen) atoms. The van der Waals surface area contributed by atoms with E-state index in [2.05, 4.69) is 20.8 Å². The second-order valence-corrected chi connectivity index (χ2v) is 4.77. The van der Waals surface area contributed by atoms with Crippen molar-refractivity contribution in [3.8, 4) is 0 Å². The Kier molecular flexibility index (Phi) is 2.74. The smallest absolute Gasteiger partial charge is 0.126 e. The normalized spacial score (nSPS) is 11.8. The largest absolute Gasteiger partial charge is 0.207 e. The van der Waals surface area contributed by atoms with E-state index in [-0.39, 0.29) is 11.2 Å².